The molecule has 3 heterocycles. The summed E-state index contributed by atoms with van der Waals surface area (Å²) in [6.07, 6.45) is 3.30. The first-order valence-corrected chi connectivity index (χ1v) is 9.88. The van der Waals surface area contributed by atoms with E-state index in [1.54, 1.807) is 48.3 Å². The molecule has 0 bridgehead atoms. The van der Waals surface area contributed by atoms with Gasteiger partial charge < -0.3 is 10.2 Å². The average Bonchev–Trinajstić information content (AvgIpc) is 3.16. The highest BCUT2D eigenvalue weighted by atomic mass is 32.2. The number of rotatable bonds is 2. The molecule has 1 N–H and O–H groups in total. The number of carbonyl (C=O) groups is 1. The van der Waals surface area contributed by atoms with Crippen LogP contribution in [0, 0.1) is 5.92 Å². The number of aromatic nitrogens is 2. The summed E-state index contributed by atoms with van der Waals surface area (Å²) in [6, 6.07) is 8.55. The molecule has 1 saturated heterocycles. The zero-order chi connectivity index (χ0) is 18.3. The fraction of sp³-hybridized carbons (Fsp3) is 0.353. The van der Waals surface area contributed by atoms with Crippen LogP contribution in [0.25, 0.3) is 0 Å². The highest BCUT2D eigenvalue weighted by Crippen LogP contribution is 2.29. The molecule has 2 aliphatic heterocycles. The van der Waals surface area contributed by atoms with Gasteiger partial charge in [0.2, 0.25) is 5.91 Å². The van der Waals surface area contributed by atoms with Crippen LogP contribution in [-0.4, -0.2) is 47.9 Å². The molecular formula is C17H19N5O3S. The van der Waals surface area contributed by atoms with Gasteiger partial charge in [0.05, 0.1) is 5.92 Å². The number of amides is 1. The Morgan fingerprint density at radius 2 is 2.08 bits per heavy atom. The lowest BCUT2D eigenvalue weighted by Gasteiger charge is -2.33. The van der Waals surface area contributed by atoms with Crippen LogP contribution in [0.3, 0.4) is 0 Å². The van der Waals surface area contributed by atoms with Crippen molar-refractivity contribution in [3.05, 3.63) is 42.1 Å². The first kappa shape index (κ1) is 16.8. The van der Waals surface area contributed by atoms with E-state index < -0.39 is 10.0 Å². The number of piperidine rings is 1. The molecule has 4 rings (SSSR count). The van der Waals surface area contributed by atoms with E-state index in [1.807, 2.05) is 4.90 Å². The third-order valence-electron chi connectivity index (χ3n) is 4.67. The Kier molecular flexibility index (Phi) is 4.03. The molecule has 2 aliphatic rings. The summed E-state index contributed by atoms with van der Waals surface area (Å²) in [6.45, 7) is 1.11. The Bertz CT molecular complexity index is 995. The average molecular weight is 373 g/mol. The van der Waals surface area contributed by atoms with Gasteiger partial charge in [-0.1, -0.05) is 12.1 Å². The van der Waals surface area contributed by atoms with Gasteiger partial charge in [-0.2, -0.15) is 13.5 Å². The summed E-state index contributed by atoms with van der Waals surface area (Å²) in [4.78, 5) is 14.7. The molecule has 1 fully saturated rings. The zero-order valence-corrected chi connectivity index (χ0v) is 15.1. The van der Waals surface area contributed by atoms with Crippen molar-refractivity contribution >= 4 is 27.6 Å². The Morgan fingerprint density at radius 1 is 1.27 bits per heavy atom. The number of carbonyl (C=O) groups excluding carboxylic acids is 1. The number of hydrogen-bond donors (Lipinski definition) is 1. The number of nitrogens with zero attached hydrogens (tertiary/aromatic N) is 4. The number of aryl methyl sites for hydroxylation is 1. The van der Waals surface area contributed by atoms with Gasteiger partial charge in [-0.25, -0.2) is 0 Å². The maximum Gasteiger partial charge on any atom is 0.285 e. The highest BCUT2D eigenvalue weighted by molar-refractivity contribution is 7.90. The van der Waals surface area contributed by atoms with Crippen LogP contribution in [0.1, 0.15) is 18.4 Å². The minimum Gasteiger partial charge on any atom is -0.355 e. The van der Waals surface area contributed by atoms with E-state index in [4.69, 9.17) is 0 Å². The molecule has 0 saturated carbocycles. The van der Waals surface area contributed by atoms with Crippen molar-refractivity contribution in [3.8, 4) is 0 Å². The predicted octanol–water partition coefficient (Wildman–Crippen LogP) is 1.22. The van der Waals surface area contributed by atoms with E-state index in [-0.39, 0.29) is 16.7 Å². The van der Waals surface area contributed by atoms with Crippen molar-refractivity contribution in [2.75, 3.05) is 18.4 Å². The summed E-state index contributed by atoms with van der Waals surface area (Å²) in [5.74, 6) is 0.601. The van der Waals surface area contributed by atoms with Crippen molar-refractivity contribution in [1.82, 2.24) is 14.7 Å². The van der Waals surface area contributed by atoms with Gasteiger partial charge in [0.25, 0.3) is 10.0 Å². The number of anilines is 1. The number of nitrogens with one attached hydrogen (secondary N) is 1. The summed E-state index contributed by atoms with van der Waals surface area (Å²) in [7, 11) is -1.87. The minimum atomic E-state index is -3.65. The number of amidine groups is 1. The zero-order valence-electron chi connectivity index (χ0n) is 14.3. The van der Waals surface area contributed by atoms with Gasteiger partial charge in [0.1, 0.15) is 4.90 Å². The topological polar surface area (TPSA) is 96.7 Å². The quantitative estimate of drug-likeness (QED) is 0.854. The van der Waals surface area contributed by atoms with Gasteiger partial charge in [-0.3, -0.25) is 9.48 Å². The maximum atomic E-state index is 12.6. The largest absolute Gasteiger partial charge is 0.355 e. The van der Waals surface area contributed by atoms with Crippen LogP contribution in [0.4, 0.5) is 5.82 Å². The van der Waals surface area contributed by atoms with Crippen molar-refractivity contribution in [1.29, 1.82) is 0 Å². The highest BCUT2D eigenvalue weighted by Gasteiger charge is 2.35. The molecule has 26 heavy (non-hydrogen) atoms. The molecule has 1 unspecified atom stereocenters. The molecule has 2 aromatic rings. The Labute approximate surface area is 151 Å². The molecule has 1 aromatic heterocycles. The van der Waals surface area contributed by atoms with E-state index in [2.05, 4.69) is 14.8 Å². The maximum absolute atomic E-state index is 12.6. The summed E-state index contributed by atoms with van der Waals surface area (Å²) in [5, 5.41) is 6.98. The van der Waals surface area contributed by atoms with Crippen LogP contribution in [0.5, 0.6) is 0 Å². The standard InChI is InChI=1S/C17H19N5O3S/c1-21-10-8-15(19-21)18-17(23)12-5-4-9-22(11-12)16-13-6-2-3-7-14(13)26(24,25)20-16/h2-3,6-8,10,12H,4-5,9,11H2,1H3,(H,18,19,23). The monoisotopic (exact) mass is 373 g/mol. The number of likely N-dealkylation sites (tertiary alicyclic amines) is 1. The van der Waals surface area contributed by atoms with Crippen molar-refractivity contribution in [2.24, 2.45) is 17.4 Å². The van der Waals surface area contributed by atoms with E-state index in [1.165, 1.54) is 0 Å². The van der Waals surface area contributed by atoms with Crippen molar-refractivity contribution in [3.63, 3.8) is 0 Å². The van der Waals surface area contributed by atoms with E-state index in [9.17, 15) is 13.2 Å². The van der Waals surface area contributed by atoms with Crippen LogP contribution in [0.2, 0.25) is 0 Å². The molecule has 1 amide bonds. The predicted molar refractivity (Wildman–Crippen MR) is 96.3 cm³/mol. The van der Waals surface area contributed by atoms with E-state index >= 15 is 0 Å². The fourth-order valence-electron chi connectivity index (χ4n) is 3.41. The van der Waals surface area contributed by atoms with Crippen LogP contribution in [-0.2, 0) is 21.9 Å². The number of fused-ring (bicyclic) bond motifs is 1. The third kappa shape index (κ3) is 2.98. The van der Waals surface area contributed by atoms with Crippen LogP contribution >= 0.6 is 0 Å². The molecule has 1 aromatic carbocycles. The first-order chi connectivity index (χ1) is 12.4. The number of benzene rings is 1. The van der Waals surface area contributed by atoms with Gasteiger partial charge in [0.15, 0.2) is 11.7 Å². The van der Waals surface area contributed by atoms with Crippen LogP contribution in [0.15, 0.2) is 45.8 Å². The lowest BCUT2D eigenvalue weighted by atomic mass is 9.96. The summed E-state index contributed by atoms with van der Waals surface area (Å²) >= 11 is 0. The Hall–Kier alpha value is -2.68. The first-order valence-electron chi connectivity index (χ1n) is 8.44. The smallest absolute Gasteiger partial charge is 0.285 e. The van der Waals surface area contributed by atoms with Crippen molar-refractivity contribution < 1.29 is 13.2 Å². The fourth-order valence-corrected chi connectivity index (χ4v) is 4.64. The molecule has 0 aliphatic carbocycles. The number of sulfonamides is 1. The van der Waals surface area contributed by atoms with Gasteiger partial charge >= 0.3 is 0 Å². The van der Waals surface area contributed by atoms with E-state index in [0.29, 0.717) is 30.3 Å². The number of hydrogen-bond acceptors (Lipinski definition) is 5. The van der Waals surface area contributed by atoms with Crippen molar-refractivity contribution in [2.45, 2.75) is 17.7 Å². The summed E-state index contributed by atoms with van der Waals surface area (Å²) < 4.78 is 30.1. The second kappa shape index (κ2) is 6.24. The normalized spacial score (nSPS) is 21.2. The SMILES string of the molecule is Cn1ccc(NC(=O)C2CCCN(C3=NS(=O)(=O)c4ccccc43)C2)n1. The lowest BCUT2D eigenvalue weighted by Crippen LogP contribution is -2.43. The molecule has 136 valence electrons. The Morgan fingerprint density at radius 3 is 2.85 bits per heavy atom. The Balaban J connectivity index is 1.53. The van der Waals surface area contributed by atoms with Gasteiger partial charge in [-0.15, -0.1) is 4.40 Å². The second-order valence-electron chi connectivity index (χ2n) is 6.54. The lowest BCUT2D eigenvalue weighted by molar-refractivity contribution is -0.121. The third-order valence-corrected chi connectivity index (χ3v) is 5.99. The second-order valence-corrected chi connectivity index (χ2v) is 8.11. The molecule has 8 nitrogen and oxygen atoms in total. The molecule has 0 spiro atoms. The molecule has 9 heteroatoms. The van der Waals surface area contributed by atoms with E-state index in [0.717, 1.165) is 12.8 Å². The van der Waals surface area contributed by atoms with Gasteiger partial charge in [-0.05, 0) is 25.0 Å². The van der Waals surface area contributed by atoms with Gasteiger partial charge in [0, 0.05) is 38.0 Å². The summed E-state index contributed by atoms with van der Waals surface area (Å²) in [5.41, 5.74) is 0.610. The molecule has 1 atom stereocenters. The molecule has 0 radical (unpaired) electrons. The molecular weight excluding hydrogens is 354 g/mol. The van der Waals surface area contributed by atoms with Crippen LogP contribution < -0.4 is 5.32 Å². The minimum absolute atomic E-state index is 0.108.